The van der Waals surface area contributed by atoms with E-state index in [1.54, 1.807) is 24.3 Å². The van der Waals surface area contributed by atoms with E-state index in [-0.39, 0.29) is 23.6 Å². The molecule has 0 unspecified atom stereocenters. The Hall–Kier alpha value is -3.31. The molecule has 1 heterocycles. The summed E-state index contributed by atoms with van der Waals surface area (Å²) in [5, 5.41) is 11.8. The zero-order chi connectivity index (χ0) is 22.4. The SMILES string of the molecule is CS(=O)(=O)Oc1c(Cc2ccc(N3CC(=O)NS3(=O)=O)c(O)c2)ccc2ccccc12. The Morgan fingerprint density at radius 1 is 1.13 bits per heavy atom. The third-order valence-corrected chi connectivity index (χ3v) is 6.58. The minimum Gasteiger partial charge on any atom is -0.506 e. The molecule has 0 aliphatic carbocycles. The lowest BCUT2D eigenvalue weighted by atomic mass is 9.99. The van der Waals surface area contributed by atoms with Crippen LogP contribution < -0.4 is 13.2 Å². The van der Waals surface area contributed by atoms with Gasteiger partial charge in [0.25, 0.3) is 5.91 Å². The third-order valence-electron chi connectivity index (χ3n) is 4.72. The number of aromatic hydroxyl groups is 1. The van der Waals surface area contributed by atoms with E-state index in [0.717, 1.165) is 15.9 Å². The van der Waals surface area contributed by atoms with E-state index in [2.05, 4.69) is 0 Å². The highest BCUT2D eigenvalue weighted by Crippen LogP contribution is 2.35. The third kappa shape index (κ3) is 4.28. The van der Waals surface area contributed by atoms with Crippen molar-refractivity contribution < 1.29 is 30.9 Å². The fraction of sp³-hybridized carbons (Fsp3) is 0.150. The van der Waals surface area contributed by atoms with E-state index in [9.17, 15) is 26.7 Å². The second-order valence-electron chi connectivity index (χ2n) is 7.10. The molecule has 1 amide bonds. The Kier molecular flexibility index (Phi) is 5.02. The number of phenols is 1. The number of hydrogen-bond donors (Lipinski definition) is 2. The smallest absolute Gasteiger partial charge is 0.326 e. The zero-order valence-corrected chi connectivity index (χ0v) is 17.9. The van der Waals surface area contributed by atoms with Gasteiger partial charge in [0.15, 0.2) is 5.75 Å². The van der Waals surface area contributed by atoms with E-state index in [0.29, 0.717) is 16.5 Å². The average molecular weight is 463 g/mol. The molecule has 0 radical (unpaired) electrons. The Bertz CT molecular complexity index is 1420. The maximum atomic E-state index is 12.0. The summed E-state index contributed by atoms with van der Waals surface area (Å²) in [4.78, 5) is 11.4. The number of amides is 1. The number of hydrogen-bond acceptors (Lipinski definition) is 7. The number of rotatable bonds is 5. The molecule has 31 heavy (non-hydrogen) atoms. The number of carbonyl (C=O) groups excluding carboxylic acids is 1. The number of nitrogens with zero attached hydrogens (tertiary/aromatic N) is 1. The number of benzene rings is 3. The largest absolute Gasteiger partial charge is 0.506 e. The highest BCUT2D eigenvalue weighted by atomic mass is 32.2. The summed E-state index contributed by atoms with van der Waals surface area (Å²) in [7, 11) is -7.84. The van der Waals surface area contributed by atoms with Crippen LogP contribution in [-0.4, -0.2) is 40.6 Å². The van der Waals surface area contributed by atoms with E-state index >= 15 is 0 Å². The summed E-state index contributed by atoms with van der Waals surface area (Å²) in [6, 6.07) is 15.1. The van der Waals surface area contributed by atoms with Gasteiger partial charge in [-0.3, -0.25) is 4.79 Å². The lowest BCUT2D eigenvalue weighted by molar-refractivity contribution is -0.117. The predicted molar refractivity (Wildman–Crippen MR) is 115 cm³/mol. The summed E-state index contributed by atoms with van der Waals surface area (Å²) in [5.74, 6) is -0.827. The van der Waals surface area contributed by atoms with Gasteiger partial charge in [-0.25, -0.2) is 9.03 Å². The maximum absolute atomic E-state index is 12.0. The molecule has 0 spiro atoms. The normalized spacial score (nSPS) is 15.8. The molecule has 4 rings (SSSR count). The molecule has 3 aromatic carbocycles. The van der Waals surface area contributed by atoms with Crippen LogP contribution in [0.3, 0.4) is 0 Å². The minimum atomic E-state index is -4.05. The van der Waals surface area contributed by atoms with Gasteiger partial charge in [0.2, 0.25) is 0 Å². The van der Waals surface area contributed by atoms with Crippen molar-refractivity contribution in [3.05, 3.63) is 65.7 Å². The first-order valence-corrected chi connectivity index (χ1v) is 12.3. The first-order valence-electron chi connectivity index (χ1n) is 9.09. The molecule has 0 saturated carbocycles. The molecule has 11 heteroatoms. The minimum absolute atomic E-state index is 0.0341. The van der Waals surface area contributed by atoms with Crippen LogP contribution in [0.2, 0.25) is 0 Å². The van der Waals surface area contributed by atoms with Crippen molar-refractivity contribution in [2.24, 2.45) is 0 Å². The van der Waals surface area contributed by atoms with Crippen molar-refractivity contribution in [1.29, 1.82) is 0 Å². The molecule has 2 N–H and O–H groups in total. The molecule has 1 saturated heterocycles. The topological polar surface area (TPSA) is 130 Å². The Labute approximate surface area is 179 Å². The monoisotopic (exact) mass is 462 g/mol. The lowest BCUT2D eigenvalue weighted by Gasteiger charge is -2.17. The molecule has 0 aromatic heterocycles. The van der Waals surface area contributed by atoms with Crippen LogP contribution in [0.5, 0.6) is 11.5 Å². The van der Waals surface area contributed by atoms with Gasteiger partial charge in [-0.1, -0.05) is 42.5 Å². The summed E-state index contributed by atoms with van der Waals surface area (Å²) >= 11 is 0. The van der Waals surface area contributed by atoms with Crippen molar-refractivity contribution in [3.63, 3.8) is 0 Å². The Morgan fingerprint density at radius 3 is 2.52 bits per heavy atom. The predicted octanol–water partition coefficient (Wildman–Crippen LogP) is 1.66. The number of carbonyl (C=O) groups is 1. The van der Waals surface area contributed by atoms with Crippen LogP contribution >= 0.6 is 0 Å². The zero-order valence-electron chi connectivity index (χ0n) is 16.3. The summed E-state index contributed by atoms with van der Waals surface area (Å²) in [6.07, 6.45) is 1.18. The molecule has 9 nitrogen and oxygen atoms in total. The van der Waals surface area contributed by atoms with Crippen LogP contribution in [0.4, 0.5) is 5.69 Å². The van der Waals surface area contributed by atoms with Gasteiger partial charge in [-0.15, -0.1) is 0 Å². The molecule has 0 atom stereocenters. The summed E-state index contributed by atoms with van der Waals surface area (Å²) in [5.41, 5.74) is 1.13. The fourth-order valence-corrected chi connectivity index (χ4v) is 5.11. The van der Waals surface area contributed by atoms with E-state index < -0.39 is 32.8 Å². The molecule has 0 bridgehead atoms. The Balaban J connectivity index is 1.72. The lowest BCUT2D eigenvalue weighted by Crippen LogP contribution is -2.29. The Morgan fingerprint density at radius 2 is 1.87 bits per heavy atom. The summed E-state index contributed by atoms with van der Waals surface area (Å²) < 4.78 is 55.6. The standard InChI is InChI=1S/C20H18N2O7S2/c1-30(25,26)29-20-15(8-7-14-4-2-3-5-16(14)20)10-13-6-9-17(18(23)11-13)22-12-19(24)21-31(22,27)28/h2-9,11,23H,10,12H2,1H3,(H,21,24). The van der Waals surface area contributed by atoms with Gasteiger partial charge < -0.3 is 9.29 Å². The quantitative estimate of drug-likeness (QED) is 0.552. The van der Waals surface area contributed by atoms with Crippen LogP contribution in [0.1, 0.15) is 11.1 Å². The fourth-order valence-electron chi connectivity index (χ4n) is 3.45. The van der Waals surface area contributed by atoms with Gasteiger partial charge in [-0.05, 0) is 23.1 Å². The van der Waals surface area contributed by atoms with Crippen molar-refractivity contribution >= 4 is 42.7 Å². The number of fused-ring (bicyclic) bond motifs is 1. The van der Waals surface area contributed by atoms with Gasteiger partial charge >= 0.3 is 20.3 Å². The maximum Gasteiger partial charge on any atom is 0.326 e. The number of phenolic OH excluding ortho intramolecular Hbond substituents is 1. The first kappa shape index (κ1) is 20.9. The highest BCUT2D eigenvalue weighted by Gasteiger charge is 2.35. The average Bonchev–Trinajstić information content (AvgIpc) is 2.95. The van der Waals surface area contributed by atoms with E-state index in [1.807, 2.05) is 22.9 Å². The van der Waals surface area contributed by atoms with E-state index in [4.69, 9.17) is 4.18 Å². The molecule has 1 aliphatic rings. The van der Waals surface area contributed by atoms with E-state index in [1.165, 1.54) is 12.1 Å². The van der Waals surface area contributed by atoms with Crippen LogP contribution in [-0.2, 0) is 31.5 Å². The number of nitrogens with one attached hydrogen (secondary N) is 1. The molecule has 1 fully saturated rings. The molecule has 162 valence electrons. The van der Waals surface area contributed by atoms with Crippen LogP contribution in [0.25, 0.3) is 10.8 Å². The molecule has 1 aliphatic heterocycles. The van der Waals surface area contributed by atoms with Crippen LogP contribution in [0.15, 0.2) is 54.6 Å². The molecule has 3 aromatic rings. The van der Waals surface area contributed by atoms with Crippen LogP contribution in [0, 0.1) is 0 Å². The van der Waals surface area contributed by atoms with Crippen molar-refractivity contribution in [2.45, 2.75) is 6.42 Å². The molecular formula is C20H18N2O7S2. The van der Waals surface area contributed by atoms with Crippen molar-refractivity contribution in [2.75, 3.05) is 17.1 Å². The van der Waals surface area contributed by atoms with Crippen molar-refractivity contribution in [3.8, 4) is 11.5 Å². The van der Waals surface area contributed by atoms with Gasteiger partial charge in [0.1, 0.15) is 12.3 Å². The summed E-state index contributed by atoms with van der Waals surface area (Å²) in [6.45, 7) is -0.424. The van der Waals surface area contributed by atoms with Gasteiger partial charge in [-0.2, -0.15) is 16.8 Å². The second kappa shape index (κ2) is 7.43. The second-order valence-corrected chi connectivity index (χ2v) is 10.3. The first-order chi connectivity index (χ1) is 14.5. The van der Waals surface area contributed by atoms with Crippen molar-refractivity contribution in [1.82, 2.24) is 4.72 Å². The molecular weight excluding hydrogens is 444 g/mol. The number of anilines is 1. The highest BCUT2D eigenvalue weighted by molar-refractivity contribution is 7.92. The van der Waals surface area contributed by atoms with Gasteiger partial charge in [0, 0.05) is 17.4 Å². The van der Waals surface area contributed by atoms with Gasteiger partial charge in [0.05, 0.1) is 11.9 Å².